The number of nitrogens with one attached hydrogen (secondary N) is 1. The molecule has 3 rings (SSSR count). The van der Waals surface area contributed by atoms with E-state index in [1.807, 2.05) is 0 Å². The van der Waals surface area contributed by atoms with Crippen LogP contribution in [-0.2, 0) is 23.6 Å². The van der Waals surface area contributed by atoms with Gasteiger partial charge in [-0.25, -0.2) is 14.4 Å². The number of thiocarbonyl (C=S) groups is 1. The lowest BCUT2D eigenvalue weighted by Gasteiger charge is -2.26. The van der Waals surface area contributed by atoms with Gasteiger partial charge in [-0.1, -0.05) is 22.3 Å². The SMILES string of the molecule is Cn1c(=O)c2c(n(C)c1=O)=[NH+]/C(=N/N=C(\C(=O)N1CCOCC1)C(N)=S)N=2. The second kappa shape index (κ2) is 7.28. The maximum Gasteiger partial charge on any atom is 0.405 e. The van der Waals surface area contributed by atoms with Gasteiger partial charge in [-0.3, -0.25) is 14.2 Å². The number of nitrogens with two attached hydrogens (primary N) is 1. The number of aromatic nitrogens is 2. The van der Waals surface area contributed by atoms with Crippen molar-refractivity contribution in [1.82, 2.24) is 14.0 Å². The summed E-state index contributed by atoms with van der Waals surface area (Å²) < 4.78 is 7.35. The molecule has 0 unspecified atom stereocenters. The van der Waals surface area contributed by atoms with Crippen LogP contribution in [0.4, 0.5) is 0 Å². The minimum Gasteiger partial charge on any atom is -0.388 e. The molecule has 2 aliphatic heterocycles. The lowest BCUT2D eigenvalue weighted by molar-refractivity contribution is -0.371. The molecule has 0 bridgehead atoms. The van der Waals surface area contributed by atoms with Crippen molar-refractivity contribution in [2.45, 2.75) is 0 Å². The molecule has 0 spiro atoms. The zero-order valence-corrected chi connectivity index (χ0v) is 15.4. The Kier molecular flexibility index (Phi) is 5.05. The topological polar surface area (TPSA) is 151 Å². The number of rotatable bonds is 3. The molecule has 1 amide bonds. The van der Waals surface area contributed by atoms with E-state index in [0.29, 0.717) is 26.3 Å². The van der Waals surface area contributed by atoms with Crippen molar-refractivity contribution in [2.24, 2.45) is 35.0 Å². The van der Waals surface area contributed by atoms with Crippen molar-refractivity contribution >= 4 is 34.8 Å². The maximum atomic E-state index is 12.5. The van der Waals surface area contributed by atoms with Crippen LogP contribution in [0.5, 0.6) is 0 Å². The quantitative estimate of drug-likeness (QED) is 0.297. The van der Waals surface area contributed by atoms with Gasteiger partial charge in [0.1, 0.15) is 4.99 Å². The zero-order chi connectivity index (χ0) is 19.7. The summed E-state index contributed by atoms with van der Waals surface area (Å²) in [5.74, 6) is -0.527. The van der Waals surface area contributed by atoms with Crippen LogP contribution < -0.4 is 32.8 Å². The molecule has 142 valence electrons. The van der Waals surface area contributed by atoms with E-state index in [-0.39, 0.29) is 27.5 Å². The molecule has 2 aliphatic rings. The fourth-order valence-corrected chi connectivity index (χ4v) is 2.70. The fraction of sp³-hybridized carbons (Fsp3) is 0.429. The first-order chi connectivity index (χ1) is 12.8. The molecule has 3 N–H and O–H groups in total. The minimum atomic E-state index is -0.575. The molecule has 0 aromatic carbocycles. The zero-order valence-electron chi connectivity index (χ0n) is 14.6. The summed E-state index contributed by atoms with van der Waals surface area (Å²) in [7, 11) is 2.83. The Morgan fingerprint density at radius 1 is 1.26 bits per heavy atom. The van der Waals surface area contributed by atoms with Crippen molar-refractivity contribution in [3.8, 4) is 0 Å². The van der Waals surface area contributed by atoms with E-state index in [0.717, 1.165) is 4.57 Å². The van der Waals surface area contributed by atoms with Crippen LogP contribution in [0.25, 0.3) is 0 Å². The molecule has 1 saturated heterocycles. The Morgan fingerprint density at radius 2 is 1.93 bits per heavy atom. The molecule has 0 atom stereocenters. The average molecular weight is 393 g/mol. The van der Waals surface area contributed by atoms with Gasteiger partial charge in [0.05, 0.1) is 20.3 Å². The third-order valence-electron chi connectivity index (χ3n) is 4.07. The van der Waals surface area contributed by atoms with Crippen molar-refractivity contribution in [3.63, 3.8) is 0 Å². The van der Waals surface area contributed by atoms with E-state index in [4.69, 9.17) is 22.7 Å². The highest BCUT2D eigenvalue weighted by Gasteiger charge is 2.25. The molecule has 13 heteroatoms. The summed E-state index contributed by atoms with van der Waals surface area (Å²) in [5.41, 5.74) is 4.50. The normalized spacial score (nSPS) is 18.1. The van der Waals surface area contributed by atoms with Crippen LogP contribution in [0.2, 0.25) is 0 Å². The highest BCUT2D eigenvalue weighted by atomic mass is 32.1. The van der Waals surface area contributed by atoms with E-state index in [1.165, 1.54) is 23.6 Å². The number of morpholine rings is 1. The van der Waals surface area contributed by atoms with Gasteiger partial charge in [0.15, 0.2) is 5.71 Å². The summed E-state index contributed by atoms with van der Waals surface area (Å²) in [4.78, 5) is 44.7. The maximum absolute atomic E-state index is 12.5. The number of carbonyl (C=O) groups is 1. The summed E-state index contributed by atoms with van der Waals surface area (Å²) >= 11 is 4.90. The number of hydrogen-bond donors (Lipinski definition) is 2. The van der Waals surface area contributed by atoms with Crippen molar-refractivity contribution < 1.29 is 14.5 Å². The monoisotopic (exact) mass is 393 g/mol. The van der Waals surface area contributed by atoms with Gasteiger partial charge in [0.25, 0.3) is 16.8 Å². The van der Waals surface area contributed by atoms with Crippen molar-refractivity contribution in [1.29, 1.82) is 0 Å². The number of fused-ring (bicyclic) bond motifs is 1. The van der Waals surface area contributed by atoms with E-state index in [2.05, 4.69) is 20.2 Å². The third-order valence-corrected chi connectivity index (χ3v) is 4.26. The Balaban J connectivity index is 2.01. The van der Waals surface area contributed by atoms with E-state index in [9.17, 15) is 14.4 Å². The molecule has 1 fully saturated rings. The van der Waals surface area contributed by atoms with E-state index < -0.39 is 17.2 Å². The summed E-state index contributed by atoms with van der Waals surface area (Å²) in [6.07, 6.45) is 0. The van der Waals surface area contributed by atoms with Gasteiger partial charge in [-0.05, 0) is 0 Å². The molecule has 0 radical (unpaired) electrons. The summed E-state index contributed by atoms with van der Waals surface area (Å²) in [5, 5.41) is 7.67. The Hall–Kier alpha value is -3.06. The first-order valence-corrected chi connectivity index (χ1v) is 8.33. The van der Waals surface area contributed by atoms with Crippen LogP contribution in [0.3, 0.4) is 0 Å². The fourth-order valence-electron chi connectivity index (χ4n) is 2.57. The molecule has 1 aromatic heterocycles. The van der Waals surface area contributed by atoms with Crippen LogP contribution in [0, 0.1) is 0 Å². The first kappa shape index (κ1) is 18.7. The minimum absolute atomic E-state index is 0.0185. The number of hydrogen-bond acceptors (Lipinski definition) is 7. The molecule has 0 aliphatic carbocycles. The Bertz CT molecular complexity index is 1120. The number of guanidine groups is 1. The Labute approximate surface area is 157 Å². The molecular formula is C14H17N8O4S+. The number of carbonyl (C=O) groups excluding carboxylic acids is 1. The molecule has 12 nitrogen and oxygen atoms in total. The van der Waals surface area contributed by atoms with Crippen molar-refractivity contribution in [2.75, 3.05) is 26.3 Å². The van der Waals surface area contributed by atoms with Crippen LogP contribution in [0.1, 0.15) is 0 Å². The van der Waals surface area contributed by atoms with Gasteiger partial charge >= 0.3 is 11.6 Å². The molecule has 27 heavy (non-hydrogen) atoms. The van der Waals surface area contributed by atoms with Crippen LogP contribution in [-0.4, -0.2) is 62.9 Å². The second-order valence-electron chi connectivity index (χ2n) is 5.78. The highest BCUT2D eigenvalue weighted by Crippen LogP contribution is 2.00. The standard InChI is InChI=1S/C14H16N8O4S/c1-20-10-8(11(23)21(2)14(20)25)16-13(17-10)19-18-7(9(15)27)12(24)22-3-5-26-6-4-22/h3-6H2,1-2H3,(H2,15,27)/p+1/b18-7-,19-13+. The van der Waals surface area contributed by atoms with Crippen LogP contribution >= 0.6 is 12.2 Å². The second-order valence-corrected chi connectivity index (χ2v) is 6.22. The third kappa shape index (κ3) is 3.46. The lowest BCUT2D eigenvalue weighted by atomic mass is 10.3. The smallest absolute Gasteiger partial charge is 0.388 e. The van der Waals surface area contributed by atoms with Gasteiger partial charge in [0.2, 0.25) is 5.49 Å². The summed E-state index contributed by atoms with van der Waals surface area (Å²) in [6, 6.07) is 0. The number of nitrogens with zero attached hydrogens (tertiary/aromatic N) is 6. The molecular weight excluding hydrogens is 376 g/mol. The Morgan fingerprint density at radius 3 is 2.56 bits per heavy atom. The first-order valence-electron chi connectivity index (χ1n) is 7.92. The van der Waals surface area contributed by atoms with Crippen molar-refractivity contribution in [3.05, 3.63) is 31.7 Å². The molecule has 3 heterocycles. The van der Waals surface area contributed by atoms with Gasteiger partial charge in [-0.15, -0.1) is 0 Å². The van der Waals surface area contributed by atoms with Gasteiger partial charge < -0.3 is 15.4 Å². The lowest BCUT2D eigenvalue weighted by Crippen LogP contribution is -2.83. The van der Waals surface area contributed by atoms with Crippen LogP contribution in [0.15, 0.2) is 24.8 Å². The van der Waals surface area contributed by atoms with Gasteiger partial charge in [0, 0.05) is 25.2 Å². The highest BCUT2D eigenvalue weighted by molar-refractivity contribution is 7.82. The number of ether oxygens (including phenoxy) is 1. The predicted molar refractivity (Wildman–Crippen MR) is 96.8 cm³/mol. The van der Waals surface area contributed by atoms with E-state index >= 15 is 0 Å². The summed E-state index contributed by atoms with van der Waals surface area (Å²) in [6.45, 7) is 1.61. The number of amides is 1. The molecule has 0 saturated carbocycles. The molecule has 1 aromatic rings. The average Bonchev–Trinajstić information content (AvgIpc) is 3.09. The predicted octanol–water partition coefficient (Wildman–Crippen LogP) is -5.73. The van der Waals surface area contributed by atoms with Gasteiger partial charge in [-0.2, -0.15) is 0 Å². The van der Waals surface area contributed by atoms with E-state index in [1.54, 1.807) is 0 Å². The largest absolute Gasteiger partial charge is 0.405 e.